The molecule has 0 radical (unpaired) electrons. The van der Waals surface area contributed by atoms with Gasteiger partial charge in [-0.2, -0.15) is 0 Å². The minimum absolute atomic E-state index is 0.137. The average molecular weight is 490 g/mol. The Labute approximate surface area is 226 Å². The first kappa shape index (κ1) is 18.4. The van der Waals surface area contributed by atoms with Crippen LogP contribution in [0.2, 0.25) is 0 Å². The summed E-state index contributed by atoms with van der Waals surface area (Å²) in [6, 6.07) is 25.6. The molecule has 0 aliphatic rings. The monoisotopic (exact) mass is 489 g/mol. The van der Waals surface area contributed by atoms with E-state index in [0.717, 1.165) is 55.1 Å². The van der Waals surface area contributed by atoms with Crippen molar-refractivity contribution < 1.29 is 15.8 Å². The Morgan fingerprint density at radius 1 is 0.838 bits per heavy atom. The standard InChI is InChI=1S/C35H34NO/c1-22-11-14-30-29-16-13-25-9-7-8-10-28(25)33(29)37-34(30)32(22)31-20-26(17-18-36(31)6)27-15-12-24(19-23(27)2)21-35(3,4)5/h7-20H,21H2,1-6H3/q+1/i2D3,21D2. The third-order valence-corrected chi connectivity index (χ3v) is 7.00. The molecule has 6 rings (SSSR count). The van der Waals surface area contributed by atoms with Gasteiger partial charge in [0.1, 0.15) is 18.2 Å². The van der Waals surface area contributed by atoms with Crippen molar-refractivity contribution in [1.82, 2.24) is 0 Å². The maximum Gasteiger partial charge on any atom is 0.216 e. The Balaban J connectivity index is 1.58. The van der Waals surface area contributed by atoms with Gasteiger partial charge in [-0.1, -0.05) is 81.4 Å². The first-order valence-corrected chi connectivity index (χ1v) is 12.7. The van der Waals surface area contributed by atoms with Crippen LogP contribution in [0.25, 0.3) is 55.1 Å². The highest BCUT2D eigenvalue weighted by Gasteiger charge is 2.22. The number of pyridine rings is 1. The fraction of sp³-hybridized carbons (Fsp3) is 0.229. The Bertz CT molecular complexity index is 2010. The molecular formula is C35H34NO+. The molecule has 2 heterocycles. The summed E-state index contributed by atoms with van der Waals surface area (Å²) in [5.74, 6) is 0. The molecule has 0 aliphatic heterocycles. The first-order valence-electron chi connectivity index (χ1n) is 15.2. The van der Waals surface area contributed by atoms with E-state index in [9.17, 15) is 0 Å². The van der Waals surface area contributed by atoms with Crippen LogP contribution in [0.4, 0.5) is 0 Å². The molecule has 0 atom stereocenters. The van der Waals surface area contributed by atoms with E-state index in [1.165, 1.54) is 6.07 Å². The molecule has 0 amide bonds. The fourth-order valence-electron chi connectivity index (χ4n) is 5.28. The second-order valence-electron chi connectivity index (χ2n) is 10.9. The lowest BCUT2D eigenvalue weighted by Crippen LogP contribution is -2.30. The number of hydrogen-bond acceptors (Lipinski definition) is 1. The van der Waals surface area contributed by atoms with Crippen LogP contribution >= 0.6 is 0 Å². The molecule has 0 unspecified atom stereocenters. The van der Waals surface area contributed by atoms with Gasteiger partial charge < -0.3 is 4.42 Å². The molecule has 4 aromatic carbocycles. The normalized spacial score (nSPS) is 14.9. The molecule has 37 heavy (non-hydrogen) atoms. The van der Waals surface area contributed by atoms with Gasteiger partial charge in [0.15, 0.2) is 6.20 Å². The first-order chi connectivity index (χ1) is 19.7. The highest BCUT2D eigenvalue weighted by molar-refractivity contribution is 6.17. The summed E-state index contributed by atoms with van der Waals surface area (Å²) in [5.41, 5.74) is 5.63. The summed E-state index contributed by atoms with van der Waals surface area (Å²) in [6.45, 7) is 5.10. The van der Waals surface area contributed by atoms with Gasteiger partial charge >= 0.3 is 0 Å². The van der Waals surface area contributed by atoms with Crippen molar-refractivity contribution in [3.63, 3.8) is 0 Å². The lowest BCUT2D eigenvalue weighted by molar-refractivity contribution is -0.660. The highest BCUT2D eigenvalue weighted by Crippen LogP contribution is 2.40. The zero-order chi connectivity index (χ0) is 30.2. The molecule has 2 heteroatoms. The maximum atomic E-state index is 8.74. The zero-order valence-electron chi connectivity index (χ0n) is 26.9. The third kappa shape index (κ3) is 4.11. The van der Waals surface area contributed by atoms with Gasteiger partial charge in [-0.15, -0.1) is 0 Å². The Kier molecular flexibility index (Phi) is 4.26. The lowest BCUT2D eigenvalue weighted by atomic mass is 9.86. The van der Waals surface area contributed by atoms with Crippen LogP contribution < -0.4 is 4.57 Å². The van der Waals surface area contributed by atoms with Crippen LogP contribution in [0.1, 0.15) is 44.3 Å². The van der Waals surface area contributed by atoms with Crippen LogP contribution in [-0.4, -0.2) is 0 Å². The van der Waals surface area contributed by atoms with E-state index in [-0.39, 0.29) is 5.56 Å². The molecule has 184 valence electrons. The second-order valence-corrected chi connectivity index (χ2v) is 10.9. The van der Waals surface area contributed by atoms with Crippen LogP contribution in [0.5, 0.6) is 0 Å². The molecular weight excluding hydrogens is 450 g/mol. The quantitative estimate of drug-likeness (QED) is 0.227. The second kappa shape index (κ2) is 8.59. The Hall–Kier alpha value is -3.91. The number of benzene rings is 4. The Morgan fingerprint density at radius 3 is 2.43 bits per heavy atom. The fourth-order valence-corrected chi connectivity index (χ4v) is 5.28. The van der Waals surface area contributed by atoms with Crippen molar-refractivity contribution in [3.05, 3.63) is 102 Å². The van der Waals surface area contributed by atoms with Crippen LogP contribution in [0.3, 0.4) is 0 Å². The number of rotatable bonds is 3. The van der Waals surface area contributed by atoms with Gasteiger partial charge in [0.05, 0.1) is 5.56 Å². The van der Waals surface area contributed by atoms with Crippen LogP contribution in [0.15, 0.2) is 89.5 Å². The topological polar surface area (TPSA) is 17.0 Å². The minimum atomic E-state index is -2.42. The summed E-state index contributed by atoms with van der Waals surface area (Å²) in [5, 5.41) is 4.26. The summed E-state index contributed by atoms with van der Waals surface area (Å²) in [4.78, 5) is 0. The van der Waals surface area contributed by atoms with Crippen LogP contribution in [0, 0.1) is 19.2 Å². The van der Waals surface area contributed by atoms with E-state index >= 15 is 0 Å². The minimum Gasteiger partial charge on any atom is -0.454 e. The van der Waals surface area contributed by atoms with Crippen molar-refractivity contribution in [2.24, 2.45) is 12.5 Å². The van der Waals surface area contributed by atoms with Crippen molar-refractivity contribution >= 4 is 32.7 Å². The van der Waals surface area contributed by atoms with Gasteiger partial charge in [0.25, 0.3) is 0 Å². The SMILES string of the molecule is [2H]C([2H])([2H])c1cc(C([2H])([2H])C(C)(C)C)ccc1-c1cc[n+](C)c(-c2c(C)ccc3c2oc2c4ccccc4ccc32)c1. The number of furan rings is 1. The van der Waals surface area contributed by atoms with E-state index in [1.807, 2.05) is 62.8 Å². The molecule has 0 bridgehead atoms. The van der Waals surface area contributed by atoms with Crippen molar-refractivity contribution in [2.45, 2.75) is 40.9 Å². The van der Waals surface area contributed by atoms with Gasteiger partial charge in [-0.3, -0.25) is 0 Å². The number of aryl methyl sites for hydroxylation is 3. The Morgan fingerprint density at radius 2 is 1.62 bits per heavy atom. The molecule has 0 saturated heterocycles. The summed E-state index contributed by atoms with van der Waals surface area (Å²) < 4.78 is 51.2. The number of hydrogen-bond donors (Lipinski definition) is 0. The van der Waals surface area contributed by atoms with Crippen molar-refractivity contribution in [2.75, 3.05) is 0 Å². The summed E-state index contributed by atoms with van der Waals surface area (Å²) in [7, 11) is 1.97. The van der Waals surface area contributed by atoms with E-state index in [4.69, 9.17) is 11.3 Å². The molecule has 0 saturated carbocycles. The van der Waals surface area contributed by atoms with E-state index in [0.29, 0.717) is 11.1 Å². The summed E-state index contributed by atoms with van der Waals surface area (Å²) in [6.07, 6.45) is 0.227. The predicted octanol–water partition coefficient (Wildman–Crippen LogP) is 9.10. The van der Waals surface area contributed by atoms with Crippen LogP contribution in [-0.2, 0) is 13.4 Å². The number of nitrogens with zero attached hydrogens (tertiary/aromatic N) is 1. The number of fused-ring (bicyclic) bond motifs is 5. The van der Waals surface area contributed by atoms with Gasteiger partial charge in [0, 0.05) is 35.1 Å². The van der Waals surface area contributed by atoms with Crippen molar-refractivity contribution in [1.29, 1.82) is 0 Å². The smallest absolute Gasteiger partial charge is 0.216 e. The van der Waals surface area contributed by atoms with E-state index < -0.39 is 18.6 Å². The number of aromatic nitrogens is 1. The molecule has 2 aromatic heterocycles. The molecule has 6 aromatic rings. The van der Waals surface area contributed by atoms with Gasteiger partial charge in [-0.05, 0) is 64.8 Å². The molecule has 2 nitrogen and oxygen atoms in total. The zero-order valence-corrected chi connectivity index (χ0v) is 21.9. The summed E-state index contributed by atoms with van der Waals surface area (Å²) >= 11 is 0. The largest absolute Gasteiger partial charge is 0.454 e. The predicted molar refractivity (Wildman–Crippen MR) is 156 cm³/mol. The molecule has 0 aliphatic carbocycles. The van der Waals surface area contributed by atoms with Gasteiger partial charge in [0.2, 0.25) is 5.69 Å². The highest BCUT2D eigenvalue weighted by atomic mass is 16.3. The van der Waals surface area contributed by atoms with E-state index in [2.05, 4.69) is 43.3 Å². The van der Waals surface area contributed by atoms with Gasteiger partial charge in [-0.25, -0.2) is 4.57 Å². The average Bonchev–Trinajstić information content (AvgIpc) is 3.31. The lowest BCUT2D eigenvalue weighted by Gasteiger charge is -2.19. The molecule has 0 N–H and O–H groups in total. The third-order valence-electron chi connectivity index (χ3n) is 7.00. The molecule has 0 spiro atoms. The molecule has 0 fully saturated rings. The maximum absolute atomic E-state index is 8.74. The van der Waals surface area contributed by atoms with E-state index in [1.54, 1.807) is 12.1 Å². The van der Waals surface area contributed by atoms with Crippen molar-refractivity contribution in [3.8, 4) is 22.4 Å².